The van der Waals surface area contributed by atoms with E-state index in [0.29, 0.717) is 0 Å². The first kappa shape index (κ1) is 14.9. The molecule has 1 heterocycles. The predicted molar refractivity (Wildman–Crippen MR) is 57.8 cm³/mol. The van der Waals surface area contributed by atoms with Gasteiger partial charge >= 0.3 is 10.8 Å². The van der Waals surface area contributed by atoms with E-state index >= 15 is 0 Å². The van der Waals surface area contributed by atoms with Gasteiger partial charge in [0.2, 0.25) is 4.93 Å². The van der Waals surface area contributed by atoms with Crippen molar-refractivity contribution in [3.05, 3.63) is 10.1 Å². The van der Waals surface area contributed by atoms with Crippen LogP contribution in [0.15, 0.2) is 0 Å². The maximum Gasteiger partial charge on any atom is 0.426 e. The molecule has 0 spiro atoms. The normalized spacial score (nSPS) is 51.2. The lowest BCUT2D eigenvalue weighted by Crippen LogP contribution is -2.78. The Bertz CT molecular complexity index is 336. The molecule has 0 aliphatic carbocycles. The molecule has 1 aliphatic rings. The van der Waals surface area contributed by atoms with Gasteiger partial charge in [0.15, 0.2) is 0 Å². The third kappa shape index (κ3) is 1.82. The van der Waals surface area contributed by atoms with E-state index in [0.717, 1.165) is 0 Å². The summed E-state index contributed by atoms with van der Waals surface area (Å²) in [6.07, 6.45) is -3.74. The molecular formula is C6H11NO8S2. The molecule has 5 atom stereocenters. The number of hydrogen-bond acceptors (Lipinski definition) is 10. The summed E-state index contributed by atoms with van der Waals surface area (Å²) in [5.41, 5.74) is -3.60. The summed E-state index contributed by atoms with van der Waals surface area (Å²) in [6.45, 7) is -0.888. The lowest BCUT2D eigenvalue weighted by molar-refractivity contribution is -0.685. The number of hydrogen-bond donors (Lipinski definition) is 7. The summed E-state index contributed by atoms with van der Waals surface area (Å²) in [5.74, 6) is 0. The van der Waals surface area contributed by atoms with Crippen molar-refractivity contribution in [2.45, 2.75) is 28.0 Å². The monoisotopic (exact) mass is 289 g/mol. The third-order valence-corrected chi connectivity index (χ3v) is 3.49. The number of aliphatic hydroxyl groups is 5. The van der Waals surface area contributed by atoms with E-state index in [-0.39, 0.29) is 0 Å². The standard InChI is InChI=1S/C6H11NO8S2/c8-1-2-3(9)4(10,16)5(11,7(13)14)6(12,17)15-2/h2-3,8-12,16-17H,1H2/t2-,3-,4-,5-,6+/m1/s1. The van der Waals surface area contributed by atoms with Crippen LogP contribution in [-0.4, -0.2) is 65.0 Å². The van der Waals surface area contributed by atoms with Gasteiger partial charge in [0.1, 0.15) is 12.2 Å². The molecule has 1 fully saturated rings. The second-order valence-electron chi connectivity index (χ2n) is 3.55. The van der Waals surface area contributed by atoms with Gasteiger partial charge in [0, 0.05) is 0 Å². The minimum atomic E-state index is -3.60. The Kier molecular flexibility index (Phi) is 3.69. The quantitative estimate of drug-likeness (QED) is 0.122. The van der Waals surface area contributed by atoms with Gasteiger partial charge in [-0.25, -0.2) is 0 Å². The van der Waals surface area contributed by atoms with Crippen molar-refractivity contribution >= 4 is 25.3 Å². The van der Waals surface area contributed by atoms with Gasteiger partial charge in [-0.1, -0.05) is 0 Å². The highest BCUT2D eigenvalue weighted by atomic mass is 32.1. The Hall–Kier alpha value is -0.140. The highest BCUT2D eigenvalue weighted by molar-refractivity contribution is 7.82. The van der Waals surface area contributed by atoms with Gasteiger partial charge in [-0.05, 0) is 0 Å². The third-order valence-electron chi connectivity index (χ3n) is 2.49. The summed E-state index contributed by atoms with van der Waals surface area (Å²) in [4.78, 5) is 6.15. The lowest BCUT2D eigenvalue weighted by Gasteiger charge is -2.48. The summed E-state index contributed by atoms with van der Waals surface area (Å²) >= 11 is 6.69. The minimum Gasteiger partial charge on any atom is -0.394 e. The van der Waals surface area contributed by atoms with E-state index in [2.05, 4.69) is 30.0 Å². The second-order valence-corrected chi connectivity index (χ2v) is 4.84. The predicted octanol–water partition coefficient (Wildman–Crippen LogP) is -3.10. The van der Waals surface area contributed by atoms with Crippen molar-refractivity contribution in [3.8, 4) is 0 Å². The zero-order valence-corrected chi connectivity index (χ0v) is 9.95. The van der Waals surface area contributed by atoms with Crippen LogP contribution in [0.5, 0.6) is 0 Å². The van der Waals surface area contributed by atoms with Gasteiger partial charge in [0.05, 0.1) is 11.5 Å². The molecule has 5 N–H and O–H groups in total. The molecule has 9 nitrogen and oxygen atoms in total. The number of nitrogens with zero attached hydrogens (tertiary/aromatic N) is 1. The average molecular weight is 289 g/mol. The van der Waals surface area contributed by atoms with Crippen molar-refractivity contribution < 1.29 is 35.2 Å². The smallest absolute Gasteiger partial charge is 0.394 e. The van der Waals surface area contributed by atoms with Crippen LogP contribution in [0.3, 0.4) is 0 Å². The molecule has 0 saturated carbocycles. The molecule has 11 heteroatoms. The number of aliphatic hydroxyl groups excluding tert-OH is 2. The first-order chi connectivity index (χ1) is 7.52. The van der Waals surface area contributed by atoms with E-state index in [1.807, 2.05) is 0 Å². The Morgan fingerprint density at radius 3 is 2.18 bits per heavy atom. The molecule has 0 aromatic heterocycles. The van der Waals surface area contributed by atoms with Gasteiger partial charge in [-0.2, -0.15) is 0 Å². The van der Waals surface area contributed by atoms with Crippen molar-refractivity contribution in [2.75, 3.05) is 6.61 Å². The molecule has 0 aromatic carbocycles. The van der Waals surface area contributed by atoms with Crippen LogP contribution in [0.25, 0.3) is 0 Å². The van der Waals surface area contributed by atoms with Crippen LogP contribution in [0.1, 0.15) is 0 Å². The van der Waals surface area contributed by atoms with Crippen molar-refractivity contribution in [3.63, 3.8) is 0 Å². The number of ether oxygens (including phenoxy) is 1. The molecule has 0 unspecified atom stereocenters. The number of thiol groups is 2. The summed E-state index contributed by atoms with van der Waals surface area (Å²) in [6, 6.07) is 0. The van der Waals surface area contributed by atoms with E-state index in [1.54, 1.807) is 0 Å². The summed E-state index contributed by atoms with van der Waals surface area (Å²) in [7, 11) is 0. The summed E-state index contributed by atoms with van der Waals surface area (Å²) < 4.78 is 4.47. The fourth-order valence-electron chi connectivity index (χ4n) is 1.45. The number of nitro groups is 1. The topological polar surface area (TPSA) is 154 Å². The van der Waals surface area contributed by atoms with Crippen LogP contribution in [0, 0.1) is 10.1 Å². The zero-order chi connectivity index (χ0) is 13.6. The Labute approximate surface area is 106 Å². The van der Waals surface area contributed by atoms with Crippen molar-refractivity contribution in [1.82, 2.24) is 0 Å². The first-order valence-corrected chi connectivity index (χ1v) is 5.15. The maximum atomic E-state index is 10.7. The average Bonchev–Trinajstić information content (AvgIpc) is 2.21. The van der Waals surface area contributed by atoms with Gasteiger partial charge in [-0.3, -0.25) is 10.1 Å². The fraction of sp³-hybridized carbons (Fsp3) is 1.00. The molecule has 0 radical (unpaired) electrons. The lowest BCUT2D eigenvalue weighted by atomic mass is 9.92. The highest BCUT2D eigenvalue weighted by Gasteiger charge is 2.79. The Morgan fingerprint density at radius 2 is 1.82 bits per heavy atom. The van der Waals surface area contributed by atoms with E-state index < -0.39 is 39.5 Å². The molecule has 17 heavy (non-hydrogen) atoms. The Morgan fingerprint density at radius 1 is 1.35 bits per heavy atom. The molecule has 0 amide bonds. The zero-order valence-electron chi connectivity index (χ0n) is 8.16. The van der Waals surface area contributed by atoms with Crippen LogP contribution in [0.4, 0.5) is 0 Å². The van der Waals surface area contributed by atoms with Crippen LogP contribution in [0.2, 0.25) is 0 Å². The Balaban J connectivity index is 3.34. The van der Waals surface area contributed by atoms with E-state index in [1.165, 1.54) is 0 Å². The first-order valence-electron chi connectivity index (χ1n) is 4.25. The molecule has 0 bridgehead atoms. The fourth-order valence-corrected chi connectivity index (χ4v) is 2.33. The molecule has 1 aliphatic heterocycles. The number of rotatable bonds is 2. The molecular weight excluding hydrogens is 278 g/mol. The summed E-state index contributed by atoms with van der Waals surface area (Å²) in [5, 5.41) is 54.8. The van der Waals surface area contributed by atoms with Crippen LogP contribution >= 0.6 is 25.3 Å². The largest absolute Gasteiger partial charge is 0.426 e. The molecule has 1 saturated heterocycles. The van der Waals surface area contributed by atoms with Crippen molar-refractivity contribution in [2.24, 2.45) is 0 Å². The SMILES string of the molecule is O=[N+]([O-])[C@]1(O)[C@@](O)(S)O[C@H](CO)[C@@H](O)[C@@]1(O)S. The molecule has 0 aromatic rings. The van der Waals surface area contributed by atoms with Crippen molar-refractivity contribution in [1.29, 1.82) is 0 Å². The van der Waals surface area contributed by atoms with Crippen LogP contribution in [-0.2, 0) is 4.74 Å². The highest BCUT2D eigenvalue weighted by Crippen LogP contribution is 2.47. The second kappa shape index (κ2) is 4.20. The van der Waals surface area contributed by atoms with Gasteiger partial charge in [0.25, 0.3) is 0 Å². The van der Waals surface area contributed by atoms with Crippen LogP contribution < -0.4 is 0 Å². The van der Waals surface area contributed by atoms with E-state index in [4.69, 9.17) is 5.11 Å². The minimum absolute atomic E-state index is 0.888. The molecule has 100 valence electrons. The van der Waals surface area contributed by atoms with Gasteiger partial charge in [-0.15, -0.1) is 25.3 Å². The maximum absolute atomic E-state index is 10.7. The van der Waals surface area contributed by atoms with E-state index in [9.17, 15) is 30.5 Å². The van der Waals surface area contributed by atoms with Gasteiger partial charge < -0.3 is 30.3 Å². The molecule has 1 rings (SSSR count).